The Morgan fingerprint density at radius 3 is 1.25 bits per heavy atom. The molecular weight excluding hydrogens is 200 g/mol. The average molecular weight is 228 g/mol. The van der Waals surface area contributed by atoms with E-state index in [-0.39, 0.29) is 12.2 Å². The first-order chi connectivity index (χ1) is 7.54. The summed E-state index contributed by atoms with van der Waals surface area (Å²) in [7, 11) is 0. The van der Waals surface area contributed by atoms with E-state index in [9.17, 15) is 0 Å². The van der Waals surface area contributed by atoms with Gasteiger partial charge in [-0.15, -0.1) is 0 Å². The summed E-state index contributed by atoms with van der Waals surface area (Å²) in [6.45, 7) is 7.75. The van der Waals surface area contributed by atoms with E-state index in [0.29, 0.717) is 0 Å². The Morgan fingerprint density at radius 1 is 0.750 bits per heavy atom. The topological polar surface area (TPSA) is 40.5 Å². The lowest BCUT2D eigenvalue weighted by molar-refractivity contribution is 0.198. The Kier molecular flexibility index (Phi) is 16.0. The van der Waals surface area contributed by atoms with E-state index in [1.807, 2.05) is 12.2 Å². The lowest BCUT2D eigenvalue weighted by Crippen LogP contribution is -1.94. The number of hydrogen-bond acceptors (Lipinski definition) is 2. The third kappa shape index (κ3) is 23.3. The Balaban J connectivity index is 0. The molecule has 2 heteroatoms. The van der Waals surface area contributed by atoms with E-state index in [1.165, 1.54) is 0 Å². The van der Waals surface area contributed by atoms with Crippen LogP contribution < -0.4 is 0 Å². The molecule has 0 aliphatic carbocycles. The fourth-order valence-electron chi connectivity index (χ4n) is 0.920. The molecule has 16 heavy (non-hydrogen) atoms. The Hall–Kier alpha value is -0.600. The number of hydrogen-bond donors (Lipinski definition) is 2. The molecule has 2 nitrogen and oxygen atoms in total. The van der Waals surface area contributed by atoms with Crippen LogP contribution in [0, 0.1) is 0 Å². The number of aliphatic hydroxyl groups is 2. The maximum absolute atomic E-state index is 8.73. The summed E-state index contributed by atoms with van der Waals surface area (Å²) in [4.78, 5) is 0. The van der Waals surface area contributed by atoms with Gasteiger partial charge < -0.3 is 10.2 Å². The monoisotopic (exact) mass is 228 g/mol. The fourth-order valence-corrected chi connectivity index (χ4v) is 0.920. The highest BCUT2D eigenvalue weighted by molar-refractivity contribution is 4.81. The molecule has 2 N–H and O–H groups in total. The second-order valence-electron chi connectivity index (χ2n) is 3.93. The summed E-state index contributed by atoms with van der Waals surface area (Å²) in [6, 6.07) is 0. The summed E-state index contributed by atoms with van der Waals surface area (Å²) in [5, 5.41) is 17.5. The first kappa shape index (κ1) is 17.8. The van der Waals surface area contributed by atoms with Crippen molar-refractivity contribution >= 4 is 0 Å². The van der Waals surface area contributed by atoms with Crippen LogP contribution >= 0.6 is 0 Å². The molecule has 0 rings (SSSR count). The van der Waals surface area contributed by atoms with Crippen molar-refractivity contribution in [1.29, 1.82) is 0 Å². The molecule has 0 unspecified atom stereocenters. The second kappa shape index (κ2) is 14.4. The van der Waals surface area contributed by atoms with E-state index in [4.69, 9.17) is 10.2 Å². The van der Waals surface area contributed by atoms with E-state index < -0.39 is 0 Å². The molecule has 0 spiro atoms. The van der Waals surface area contributed by atoms with E-state index in [1.54, 1.807) is 13.8 Å². The molecule has 0 amide bonds. The molecule has 0 aromatic heterocycles. The molecule has 0 heterocycles. The van der Waals surface area contributed by atoms with Crippen molar-refractivity contribution in [1.82, 2.24) is 0 Å². The van der Waals surface area contributed by atoms with Gasteiger partial charge in [-0.05, 0) is 39.5 Å². The zero-order chi connectivity index (χ0) is 12.8. The molecule has 0 aliphatic rings. The van der Waals surface area contributed by atoms with Crippen LogP contribution in [0.2, 0.25) is 0 Å². The molecule has 0 aromatic carbocycles. The van der Waals surface area contributed by atoms with Crippen molar-refractivity contribution in [2.45, 2.75) is 65.6 Å². The summed E-state index contributed by atoms with van der Waals surface area (Å²) >= 11 is 0. The van der Waals surface area contributed by atoms with Gasteiger partial charge in [-0.1, -0.05) is 38.2 Å². The largest absolute Gasteiger partial charge is 0.393 e. The Bertz CT molecular complexity index is 150. The van der Waals surface area contributed by atoms with Gasteiger partial charge in [0.25, 0.3) is 0 Å². The Morgan fingerprint density at radius 2 is 1.06 bits per heavy atom. The van der Waals surface area contributed by atoms with Gasteiger partial charge in [0.05, 0.1) is 12.2 Å². The SMILES string of the molecule is CCC=CC[C@@H](C)O.CCC=CC[C@H](C)O. The minimum Gasteiger partial charge on any atom is -0.393 e. The van der Waals surface area contributed by atoms with Crippen LogP contribution in [0.15, 0.2) is 24.3 Å². The van der Waals surface area contributed by atoms with Crippen LogP contribution in [-0.2, 0) is 0 Å². The van der Waals surface area contributed by atoms with Crippen LogP contribution in [0.5, 0.6) is 0 Å². The highest BCUT2D eigenvalue weighted by atomic mass is 16.3. The number of rotatable bonds is 6. The number of allylic oxidation sites excluding steroid dienone is 2. The molecule has 0 aliphatic heterocycles. The predicted octanol–water partition coefficient (Wildman–Crippen LogP) is 3.45. The smallest absolute Gasteiger partial charge is 0.0546 e. The minimum absolute atomic E-state index is 0.183. The maximum Gasteiger partial charge on any atom is 0.0546 e. The molecule has 96 valence electrons. The van der Waals surface area contributed by atoms with Gasteiger partial charge in [0.15, 0.2) is 0 Å². The third-order valence-corrected chi connectivity index (χ3v) is 1.76. The first-order valence-corrected chi connectivity index (χ1v) is 6.20. The zero-order valence-electron chi connectivity index (χ0n) is 11.2. The van der Waals surface area contributed by atoms with Crippen molar-refractivity contribution in [3.05, 3.63) is 24.3 Å². The van der Waals surface area contributed by atoms with Crippen molar-refractivity contribution < 1.29 is 10.2 Å². The van der Waals surface area contributed by atoms with Gasteiger partial charge in [-0.2, -0.15) is 0 Å². The molecule has 2 atom stereocenters. The van der Waals surface area contributed by atoms with E-state index >= 15 is 0 Å². The lowest BCUT2D eigenvalue weighted by atomic mass is 10.2. The predicted molar refractivity (Wildman–Crippen MR) is 71.5 cm³/mol. The highest BCUT2D eigenvalue weighted by Crippen LogP contribution is 1.91. The van der Waals surface area contributed by atoms with Gasteiger partial charge in [0, 0.05) is 0 Å². The van der Waals surface area contributed by atoms with Crippen LogP contribution in [0.1, 0.15) is 53.4 Å². The van der Waals surface area contributed by atoms with Crippen molar-refractivity contribution in [2.75, 3.05) is 0 Å². The van der Waals surface area contributed by atoms with E-state index in [0.717, 1.165) is 25.7 Å². The molecular formula is C14H28O2. The van der Waals surface area contributed by atoms with Gasteiger partial charge in [-0.3, -0.25) is 0 Å². The van der Waals surface area contributed by atoms with Crippen molar-refractivity contribution in [3.63, 3.8) is 0 Å². The highest BCUT2D eigenvalue weighted by Gasteiger charge is 1.86. The quantitative estimate of drug-likeness (QED) is 0.684. The van der Waals surface area contributed by atoms with Gasteiger partial charge in [-0.25, -0.2) is 0 Å². The fraction of sp³-hybridized carbons (Fsp3) is 0.714. The summed E-state index contributed by atoms with van der Waals surface area (Å²) in [5.41, 5.74) is 0. The molecule has 0 fully saturated rings. The average Bonchev–Trinajstić information content (AvgIpc) is 2.18. The van der Waals surface area contributed by atoms with Crippen molar-refractivity contribution in [3.8, 4) is 0 Å². The van der Waals surface area contributed by atoms with Gasteiger partial charge in [0.2, 0.25) is 0 Å². The van der Waals surface area contributed by atoms with Crippen LogP contribution in [0.3, 0.4) is 0 Å². The second-order valence-corrected chi connectivity index (χ2v) is 3.93. The minimum atomic E-state index is -0.183. The van der Waals surface area contributed by atoms with E-state index in [2.05, 4.69) is 26.0 Å². The Labute approximate surface area is 101 Å². The number of aliphatic hydroxyl groups excluding tert-OH is 2. The summed E-state index contributed by atoms with van der Waals surface area (Å²) in [6.07, 6.45) is 11.5. The standard InChI is InChI=1S/2C7H14O/c2*1-3-4-5-6-7(2)8/h2*4-5,7-8H,3,6H2,1-2H3/t2*7-/m10/s1. The molecule has 0 saturated heterocycles. The summed E-state index contributed by atoms with van der Waals surface area (Å²) in [5.74, 6) is 0. The molecule has 0 saturated carbocycles. The summed E-state index contributed by atoms with van der Waals surface area (Å²) < 4.78 is 0. The molecule has 0 bridgehead atoms. The first-order valence-electron chi connectivity index (χ1n) is 6.20. The third-order valence-electron chi connectivity index (χ3n) is 1.76. The van der Waals surface area contributed by atoms with Gasteiger partial charge in [0.1, 0.15) is 0 Å². The lowest BCUT2D eigenvalue weighted by Gasteiger charge is -1.94. The van der Waals surface area contributed by atoms with Crippen LogP contribution in [-0.4, -0.2) is 22.4 Å². The van der Waals surface area contributed by atoms with Gasteiger partial charge >= 0.3 is 0 Å². The van der Waals surface area contributed by atoms with Crippen LogP contribution in [0.4, 0.5) is 0 Å². The molecule has 0 radical (unpaired) electrons. The van der Waals surface area contributed by atoms with Crippen LogP contribution in [0.25, 0.3) is 0 Å². The van der Waals surface area contributed by atoms with Crippen molar-refractivity contribution in [2.24, 2.45) is 0 Å². The maximum atomic E-state index is 8.73. The normalized spacial score (nSPS) is 14.9. The zero-order valence-corrected chi connectivity index (χ0v) is 11.2. The molecule has 0 aromatic rings.